The standard InChI is InChI=1S/C19H37N5O/c1-16-5-4-7-23(14-16)17(2)13-21-19(20-3)24-8-6-18(15-24)22-9-11-25-12-10-22/h16-18H,4-15H2,1-3H3,(H,20,21). The minimum absolute atomic E-state index is 0.567. The Hall–Kier alpha value is -0.850. The highest BCUT2D eigenvalue weighted by Crippen LogP contribution is 2.18. The van der Waals surface area contributed by atoms with Crippen molar-refractivity contribution in [2.24, 2.45) is 10.9 Å². The number of morpholine rings is 1. The zero-order valence-electron chi connectivity index (χ0n) is 16.4. The maximum Gasteiger partial charge on any atom is 0.193 e. The second-order valence-electron chi connectivity index (χ2n) is 8.06. The van der Waals surface area contributed by atoms with E-state index in [1.165, 1.54) is 32.4 Å². The molecule has 3 rings (SSSR count). The van der Waals surface area contributed by atoms with Crippen molar-refractivity contribution in [3.63, 3.8) is 0 Å². The smallest absolute Gasteiger partial charge is 0.193 e. The van der Waals surface area contributed by atoms with Gasteiger partial charge in [-0.15, -0.1) is 0 Å². The van der Waals surface area contributed by atoms with Crippen molar-refractivity contribution in [2.75, 3.05) is 66.1 Å². The zero-order chi connectivity index (χ0) is 17.6. The summed E-state index contributed by atoms with van der Waals surface area (Å²) in [6.45, 7) is 14.3. The van der Waals surface area contributed by atoms with Crippen molar-refractivity contribution >= 4 is 5.96 Å². The number of hydrogen-bond acceptors (Lipinski definition) is 4. The molecule has 3 saturated heterocycles. The first-order valence-corrected chi connectivity index (χ1v) is 10.2. The molecule has 3 aliphatic heterocycles. The van der Waals surface area contributed by atoms with Gasteiger partial charge in [0.1, 0.15) is 0 Å². The van der Waals surface area contributed by atoms with Crippen LogP contribution >= 0.6 is 0 Å². The number of ether oxygens (including phenoxy) is 1. The SMILES string of the molecule is CN=C(NCC(C)N1CCCC(C)C1)N1CCC(N2CCOCC2)C1. The molecule has 3 heterocycles. The Morgan fingerprint density at radius 3 is 2.68 bits per heavy atom. The number of likely N-dealkylation sites (tertiary alicyclic amines) is 2. The largest absolute Gasteiger partial charge is 0.379 e. The molecular formula is C19H37N5O. The fourth-order valence-corrected chi connectivity index (χ4v) is 4.50. The van der Waals surface area contributed by atoms with Crippen LogP contribution in [0.1, 0.15) is 33.1 Å². The van der Waals surface area contributed by atoms with Crippen LogP contribution in [0.15, 0.2) is 4.99 Å². The summed E-state index contributed by atoms with van der Waals surface area (Å²) in [5.74, 6) is 1.91. The molecule has 25 heavy (non-hydrogen) atoms. The second-order valence-corrected chi connectivity index (χ2v) is 8.06. The van der Waals surface area contributed by atoms with Crippen molar-refractivity contribution in [1.29, 1.82) is 0 Å². The van der Waals surface area contributed by atoms with Crippen molar-refractivity contribution in [3.05, 3.63) is 0 Å². The number of nitrogens with zero attached hydrogens (tertiary/aromatic N) is 4. The Morgan fingerprint density at radius 2 is 1.96 bits per heavy atom. The highest BCUT2D eigenvalue weighted by atomic mass is 16.5. The molecule has 0 amide bonds. The summed E-state index contributed by atoms with van der Waals surface area (Å²) in [4.78, 5) is 12.2. The van der Waals surface area contributed by atoms with Gasteiger partial charge in [-0.1, -0.05) is 6.92 Å². The van der Waals surface area contributed by atoms with Crippen LogP contribution in [-0.2, 0) is 4.74 Å². The summed E-state index contributed by atoms with van der Waals surface area (Å²) in [6.07, 6.45) is 3.96. The lowest BCUT2D eigenvalue weighted by Gasteiger charge is -2.36. The molecule has 1 N–H and O–H groups in total. The summed E-state index contributed by atoms with van der Waals surface area (Å²) in [5.41, 5.74) is 0. The monoisotopic (exact) mass is 351 g/mol. The van der Waals surface area contributed by atoms with Gasteiger partial charge < -0.3 is 15.0 Å². The topological polar surface area (TPSA) is 43.3 Å². The van der Waals surface area contributed by atoms with Gasteiger partial charge in [-0.2, -0.15) is 0 Å². The van der Waals surface area contributed by atoms with Crippen LogP contribution < -0.4 is 5.32 Å². The third-order valence-corrected chi connectivity index (χ3v) is 6.10. The Morgan fingerprint density at radius 1 is 1.16 bits per heavy atom. The highest BCUT2D eigenvalue weighted by Gasteiger charge is 2.30. The summed E-state index contributed by atoms with van der Waals surface area (Å²) in [6, 6.07) is 1.22. The van der Waals surface area contributed by atoms with E-state index in [0.717, 1.165) is 57.8 Å². The van der Waals surface area contributed by atoms with Crippen LogP contribution in [0.4, 0.5) is 0 Å². The highest BCUT2D eigenvalue weighted by molar-refractivity contribution is 5.80. The Bertz CT molecular complexity index is 438. The average molecular weight is 352 g/mol. The molecule has 0 aliphatic carbocycles. The van der Waals surface area contributed by atoms with Gasteiger partial charge in [0.15, 0.2) is 5.96 Å². The Labute approximate surface area is 153 Å². The molecule has 3 fully saturated rings. The predicted octanol–water partition coefficient (Wildman–Crippen LogP) is 1.09. The molecule has 3 aliphatic rings. The normalized spacial score (nSPS) is 31.3. The van der Waals surface area contributed by atoms with Crippen LogP contribution in [0, 0.1) is 5.92 Å². The third kappa shape index (κ3) is 5.08. The molecule has 0 saturated carbocycles. The Kier molecular flexibility index (Phi) is 6.96. The first kappa shape index (κ1) is 18.9. The van der Waals surface area contributed by atoms with Gasteiger partial charge in [-0.3, -0.25) is 14.8 Å². The van der Waals surface area contributed by atoms with Crippen LogP contribution in [0.25, 0.3) is 0 Å². The zero-order valence-corrected chi connectivity index (χ0v) is 16.4. The van der Waals surface area contributed by atoms with E-state index in [0.29, 0.717) is 12.1 Å². The molecule has 0 aromatic rings. The second kappa shape index (κ2) is 9.19. The number of rotatable bonds is 4. The number of guanidine groups is 1. The summed E-state index contributed by atoms with van der Waals surface area (Å²) < 4.78 is 5.49. The van der Waals surface area contributed by atoms with Crippen LogP contribution in [-0.4, -0.2) is 98.8 Å². The van der Waals surface area contributed by atoms with Gasteiger partial charge in [0.25, 0.3) is 0 Å². The fourth-order valence-electron chi connectivity index (χ4n) is 4.50. The van der Waals surface area contributed by atoms with E-state index in [1.807, 2.05) is 7.05 Å². The molecule has 6 nitrogen and oxygen atoms in total. The van der Waals surface area contributed by atoms with Gasteiger partial charge in [0, 0.05) is 58.4 Å². The van der Waals surface area contributed by atoms with E-state index < -0.39 is 0 Å². The van der Waals surface area contributed by atoms with E-state index in [-0.39, 0.29) is 0 Å². The minimum atomic E-state index is 0.567. The maximum absolute atomic E-state index is 5.49. The minimum Gasteiger partial charge on any atom is -0.379 e. The Balaban J connectivity index is 1.44. The van der Waals surface area contributed by atoms with Crippen LogP contribution in [0.2, 0.25) is 0 Å². The van der Waals surface area contributed by atoms with Crippen molar-refractivity contribution in [1.82, 2.24) is 20.0 Å². The van der Waals surface area contributed by atoms with Crippen molar-refractivity contribution in [2.45, 2.75) is 45.2 Å². The molecular weight excluding hydrogens is 314 g/mol. The summed E-state index contributed by atoms with van der Waals surface area (Å²) in [5, 5.41) is 3.64. The van der Waals surface area contributed by atoms with Gasteiger partial charge >= 0.3 is 0 Å². The average Bonchev–Trinajstić information content (AvgIpc) is 3.13. The lowest BCUT2D eigenvalue weighted by molar-refractivity contribution is 0.0194. The van der Waals surface area contributed by atoms with Gasteiger partial charge in [-0.05, 0) is 38.6 Å². The molecule has 6 heteroatoms. The summed E-state index contributed by atoms with van der Waals surface area (Å²) >= 11 is 0. The number of hydrogen-bond donors (Lipinski definition) is 1. The van der Waals surface area contributed by atoms with Gasteiger partial charge in [0.05, 0.1) is 13.2 Å². The van der Waals surface area contributed by atoms with E-state index in [4.69, 9.17) is 4.74 Å². The van der Waals surface area contributed by atoms with E-state index in [9.17, 15) is 0 Å². The lowest BCUT2D eigenvalue weighted by Crippen LogP contribution is -2.50. The number of piperidine rings is 1. The first-order valence-electron chi connectivity index (χ1n) is 10.2. The maximum atomic E-state index is 5.49. The number of nitrogens with one attached hydrogen (secondary N) is 1. The van der Waals surface area contributed by atoms with Crippen molar-refractivity contribution in [3.8, 4) is 0 Å². The third-order valence-electron chi connectivity index (χ3n) is 6.10. The van der Waals surface area contributed by atoms with Crippen LogP contribution in [0.3, 0.4) is 0 Å². The van der Waals surface area contributed by atoms with E-state index >= 15 is 0 Å². The number of aliphatic imine (C=N–C) groups is 1. The van der Waals surface area contributed by atoms with E-state index in [1.54, 1.807) is 0 Å². The van der Waals surface area contributed by atoms with Crippen molar-refractivity contribution < 1.29 is 4.74 Å². The molecule has 0 radical (unpaired) electrons. The van der Waals surface area contributed by atoms with Crippen LogP contribution in [0.5, 0.6) is 0 Å². The van der Waals surface area contributed by atoms with E-state index in [2.05, 4.69) is 38.9 Å². The van der Waals surface area contributed by atoms with Gasteiger partial charge in [-0.25, -0.2) is 0 Å². The quantitative estimate of drug-likeness (QED) is 0.607. The molecule has 0 spiro atoms. The van der Waals surface area contributed by atoms with Gasteiger partial charge in [0.2, 0.25) is 0 Å². The molecule has 3 unspecified atom stereocenters. The molecule has 0 aromatic carbocycles. The first-order chi connectivity index (χ1) is 12.2. The lowest BCUT2D eigenvalue weighted by atomic mass is 9.99. The molecule has 3 atom stereocenters. The molecule has 0 bridgehead atoms. The molecule has 0 aromatic heterocycles. The summed E-state index contributed by atoms with van der Waals surface area (Å²) in [7, 11) is 1.91. The predicted molar refractivity (Wildman–Crippen MR) is 103 cm³/mol. The fraction of sp³-hybridized carbons (Fsp3) is 0.947. The molecule has 144 valence electrons.